The summed E-state index contributed by atoms with van der Waals surface area (Å²) in [5.41, 5.74) is 1.46. The Bertz CT molecular complexity index is 887. The van der Waals surface area contributed by atoms with Crippen LogP contribution < -0.4 is 15.8 Å². The molecule has 1 saturated heterocycles. The number of para-hydroxylation sites is 1. The third-order valence-corrected chi connectivity index (χ3v) is 4.71. The van der Waals surface area contributed by atoms with Crippen molar-refractivity contribution in [2.24, 2.45) is 7.05 Å². The predicted molar refractivity (Wildman–Crippen MR) is 100 cm³/mol. The summed E-state index contributed by atoms with van der Waals surface area (Å²) in [6.45, 7) is 4.40. The highest BCUT2D eigenvalue weighted by Crippen LogP contribution is 2.21. The Labute approximate surface area is 152 Å². The number of rotatable bonds is 4. The van der Waals surface area contributed by atoms with Gasteiger partial charge in [0, 0.05) is 31.4 Å². The number of carbonyl (C=O) groups is 2. The van der Waals surface area contributed by atoms with Crippen molar-refractivity contribution >= 4 is 17.5 Å². The molecule has 1 aliphatic rings. The van der Waals surface area contributed by atoms with Gasteiger partial charge in [0.1, 0.15) is 5.56 Å². The Morgan fingerprint density at radius 3 is 2.46 bits per heavy atom. The second-order valence-corrected chi connectivity index (χ2v) is 6.91. The summed E-state index contributed by atoms with van der Waals surface area (Å²) in [6, 6.07) is 12.4. The Kier molecular flexibility index (Phi) is 4.93. The number of carbonyl (C=O) groups excluding carboxylic acids is 2. The first-order valence-corrected chi connectivity index (χ1v) is 8.74. The fourth-order valence-corrected chi connectivity index (χ4v) is 3.33. The molecule has 0 bridgehead atoms. The zero-order chi connectivity index (χ0) is 18.8. The van der Waals surface area contributed by atoms with Crippen molar-refractivity contribution < 1.29 is 9.59 Å². The standard InChI is InChI=1S/C20H23N3O3/c1-13(2)17-10-9-16(20(26)22(17)3)19(25)21-14-11-18(24)23(12-14)15-7-5-4-6-8-15/h4-10,13-14H,11-12H2,1-3H3,(H,21,25)/t14-/m1/s1. The molecule has 1 aromatic heterocycles. The van der Waals surface area contributed by atoms with E-state index in [4.69, 9.17) is 0 Å². The van der Waals surface area contributed by atoms with Crippen molar-refractivity contribution in [1.82, 2.24) is 9.88 Å². The molecule has 0 aliphatic carbocycles. The quantitative estimate of drug-likeness (QED) is 0.914. The maximum atomic E-state index is 12.6. The van der Waals surface area contributed by atoms with Crippen LogP contribution in [0, 0.1) is 0 Å². The van der Waals surface area contributed by atoms with Gasteiger partial charge in [0.05, 0.1) is 6.04 Å². The summed E-state index contributed by atoms with van der Waals surface area (Å²) in [6.07, 6.45) is 0.227. The summed E-state index contributed by atoms with van der Waals surface area (Å²) >= 11 is 0. The molecular weight excluding hydrogens is 330 g/mol. The molecule has 0 unspecified atom stereocenters. The first-order valence-electron chi connectivity index (χ1n) is 8.74. The number of amides is 2. The van der Waals surface area contributed by atoms with Gasteiger partial charge in [0.15, 0.2) is 0 Å². The molecule has 1 N–H and O–H groups in total. The largest absolute Gasteiger partial charge is 0.347 e. The van der Waals surface area contributed by atoms with Crippen LogP contribution in [-0.2, 0) is 11.8 Å². The lowest BCUT2D eigenvalue weighted by Crippen LogP contribution is -2.40. The normalized spacial score (nSPS) is 17.0. The average molecular weight is 353 g/mol. The van der Waals surface area contributed by atoms with E-state index < -0.39 is 5.91 Å². The number of anilines is 1. The average Bonchev–Trinajstić information content (AvgIpc) is 2.97. The van der Waals surface area contributed by atoms with Crippen LogP contribution in [-0.4, -0.2) is 29.0 Å². The molecule has 1 fully saturated rings. The zero-order valence-electron chi connectivity index (χ0n) is 15.2. The SMILES string of the molecule is CC(C)c1ccc(C(=O)N[C@@H]2CC(=O)N(c3ccccc3)C2)c(=O)n1C. The molecule has 3 rings (SSSR count). The van der Waals surface area contributed by atoms with E-state index in [2.05, 4.69) is 5.32 Å². The van der Waals surface area contributed by atoms with E-state index in [1.807, 2.05) is 44.2 Å². The van der Waals surface area contributed by atoms with Gasteiger partial charge in [-0.3, -0.25) is 14.4 Å². The van der Waals surface area contributed by atoms with Gasteiger partial charge in [-0.2, -0.15) is 0 Å². The van der Waals surface area contributed by atoms with E-state index in [9.17, 15) is 14.4 Å². The summed E-state index contributed by atoms with van der Waals surface area (Å²) < 4.78 is 1.51. The summed E-state index contributed by atoms with van der Waals surface area (Å²) in [7, 11) is 1.67. The van der Waals surface area contributed by atoms with E-state index in [0.29, 0.717) is 6.54 Å². The lowest BCUT2D eigenvalue weighted by molar-refractivity contribution is -0.117. The van der Waals surface area contributed by atoms with Gasteiger partial charge < -0.3 is 14.8 Å². The van der Waals surface area contributed by atoms with Crippen LogP contribution in [0.25, 0.3) is 0 Å². The highest BCUT2D eigenvalue weighted by atomic mass is 16.2. The summed E-state index contributed by atoms with van der Waals surface area (Å²) in [5.74, 6) is -0.283. The molecule has 1 atom stereocenters. The zero-order valence-corrected chi connectivity index (χ0v) is 15.2. The number of hydrogen-bond donors (Lipinski definition) is 1. The minimum Gasteiger partial charge on any atom is -0.347 e. The van der Waals surface area contributed by atoms with Gasteiger partial charge in [0.25, 0.3) is 11.5 Å². The Morgan fingerprint density at radius 2 is 1.81 bits per heavy atom. The van der Waals surface area contributed by atoms with E-state index in [1.54, 1.807) is 24.1 Å². The minimum absolute atomic E-state index is 0.0374. The van der Waals surface area contributed by atoms with Gasteiger partial charge in [-0.25, -0.2) is 0 Å². The number of pyridine rings is 1. The van der Waals surface area contributed by atoms with E-state index >= 15 is 0 Å². The van der Waals surface area contributed by atoms with Crippen molar-refractivity contribution in [3.05, 3.63) is 64.1 Å². The first kappa shape index (κ1) is 17.9. The molecule has 136 valence electrons. The van der Waals surface area contributed by atoms with Crippen LogP contribution in [0.4, 0.5) is 5.69 Å². The fourth-order valence-electron chi connectivity index (χ4n) is 3.33. The summed E-state index contributed by atoms with van der Waals surface area (Å²) in [4.78, 5) is 38.9. The third kappa shape index (κ3) is 3.40. The fraction of sp³-hybridized carbons (Fsp3) is 0.350. The van der Waals surface area contributed by atoms with E-state index in [1.165, 1.54) is 4.57 Å². The van der Waals surface area contributed by atoms with E-state index in [0.717, 1.165) is 11.4 Å². The van der Waals surface area contributed by atoms with Crippen LogP contribution in [0.15, 0.2) is 47.3 Å². The van der Waals surface area contributed by atoms with Crippen LogP contribution in [0.1, 0.15) is 42.2 Å². The molecule has 1 aromatic carbocycles. The molecule has 2 amide bonds. The van der Waals surface area contributed by atoms with Gasteiger partial charge in [-0.1, -0.05) is 32.0 Å². The first-order chi connectivity index (χ1) is 12.4. The van der Waals surface area contributed by atoms with Gasteiger partial charge in [-0.05, 0) is 30.2 Å². The molecule has 6 nitrogen and oxygen atoms in total. The van der Waals surface area contributed by atoms with Gasteiger partial charge >= 0.3 is 0 Å². The maximum absolute atomic E-state index is 12.6. The number of nitrogens with one attached hydrogen (secondary N) is 1. The van der Waals surface area contributed by atoms with Crippen molar-refractivity contribution in [3.8, 4) is 0 Å². The van der Waals surface area contributed by atoms with Crippen molar-refractivity contribution in [1.29, 1.82) is 0 Å². The second-order valence-electron chi connectivity index (χ2n) is 6.91. The highest BCUT2D eigenvalue weighted by molar-refractivity contribution is 5.98. The number of benzene rings is 1. The Balaban J connectivity index is 1.74. The second kappa shape index (κ2) is 7.15. The third-order valence-electron chi connectivity index (χ3n) is 4.71. The smallest absolute Gasteiger partial charge is 0.263 e. The number of hydrogen-bond acceptors (Lipinski definition) is 3. The monoisotopic (exact) mass is 353 g/mol. The van der Waals surface area contributed by atoms with Gasteiger partial charge in [-0.15, -0.1) is 0 Å². The van der Waals surface area contributed by atoms with Crippen LogP contribution in [0.3, 0.4) is 0 Å². The Hall–Kier alpha value is -2.89. The molecule has 1 aliphatic heterocycles. The Morgan fingerprint density at radius 1 is 1.12 bits per heavy atom. The van der Waals surface area contributed by atoms with E-state index in [-0.39, 0.29) is 35.4 Å². The topological polar surface area (TPSA) is 71.4 Å². The highest BCUT2D eigenvalue weighted by Gasteiger charge is 2.32. The molecule has 2 heterocycles. The van der Waals surface area contributed by atoms with Crippen molar-refractivity contribution in [2.75, 3.05) is 11.4 Å². The molecule has 0 radical (unpaired) electrons. The van der Waals surface area contributed by atoms with Crippen LogP contribution >= 0.6 is 0 Å². The molecular formula is C20H23N3O3. The molecule has 0 saturated carbocycles. The maximum Gasteiger partial charge on any atom is 0.263 e. The van der Waals surface area contributed by atoms with Crippen LogP contribution in [0.5, 0.6) is 0 Å². The number of aromatic nitrogens is 1. The predicted octanol–water partition coefficient (Wildman–Crippen LogP) is 2.04. The lowest BCUT2D eigenvalue weighted by atomic mass is 10.1. The van der Waals surface area contributed by atoms with Crippen molar-refractivity contribution in [2.45, 2.75) is 32.2 Å². The molecule has 6 heteroatoms. The number of nitrogens with zero attached hydrogens (tertiary/aromatic N) is 2. The van der Waals surface area contributed by atoms with Crippen molar-refractivity contribution in [3.63, 3.8) is 0 Å². The lowest BCUT2D eigenvalue weighted by Gasteiger charge is -2.17. The minimum atomic E-state index is -0.436. The van der Waals surface area contributed by atoms with Gasteiger partial charge in [0.2, 0.25) is 5.91 Å². The van der Waals surface area contributed by atoms with Crippen LogP contribution in [0.2, 0.25) is 0 Å². The molecule has 26 heavy (non-hydrogen) atoms. The molecule has 0 spiro atoms. The summed E-state index contributed by atoms with van der Waals surface area (Å²) in [5, 5.41) is 2.83. The molecule has 2 aromatic rings.